The number of rotatable bonds is 7. The van der Waals surface area contributed by atoms with Gasteiger partial charge in [0.1, 0.15) is 10.6 Å². The molecule has 5 rings (SSSR count). The molecule has 14 heteroatoms. The first-order valence-corrected chi connectivity index (χ1v) is 13.3. The predicted molar refractivity (Wildman–Crippen MR) is 133 cm³/mol. The number of β-amino-alcohol motifs (C(OH)–C–C–N with tert-alkyl or cyclic N) is 1. The van der Waals surface area contributed by atoms with Crippen LogP contribution in [0.4, 0.5) is 24.9 Å². The third kappa shape index (κ3) is 5.08. The van der Waals surface area contributed by atoms with Gasteiger partial charge in [0, 0.05) is 37.5 Å². The molecule has 3 aromatic rings. The first-order chi connectivity index (χ1) is 17.7. The highest BCUT2D eigenvalue weighted by molar-refractivity contribution is 7.18. The first-order valence-electron chi connectivity index (χ1n) is 12.4. The third-order valence-electron chi connectivity index (χ3n) is 6.61. The van der Waals surface area contributed by atoms with E-state index in [0.717, 1.165) is 32.5 Å². The molecule has 2 aliphatic rings. The average molecular weight is 539 g/mol. The number of nitrogens with zero attached hydrogens (tertiary/aromatic N) is 7. The van der Waals surface area contributed by atoms with Crippen LogP contribution in [0.15, 0.2) is 6.07 Å². The molecule has 1 fully saturated rings. The van der Waals surface area contributed by atoms with Gasteiger partial charge in [-0.2, -0.15) is 18.2 Å². The number of halogens is 3. The van der Waals surface area contributed by atoms with E-state index in [2.05, 4.69) is 28.5 Å². The van der Waals surface area contributed by atoms with Crippen LogP contribution >= 0.6 is 11.3 Å². The predicted octanol–water partition coefficient (Wildman–Crippen LogP) is 2.74. The van der Waals surface area contributed by atoms with Crippen LogP contribution < -0.4 is 15.1 Å². The number of aliphatic hydroxyl groups is 1. The van der Waals surface area contributed by atoms with Crippen molar-refractivity contribution in [3.63, 3.8) is 0 Å². The SMILES string of the molecule is CCCC(=O)NC1CN(c2nc(N3CCn4c(nnc4C(F)(F)F)C3)c3cc(CCC)sc3n2)CC1O. The van der Waals surface area contributed by atoms with Crippen molar-refractivity contribution in [1.82, 2.24) is 30.0 Å². The molecule has 37 heavy (non-hydrogen) atoms. The fourth-order valence-electron chi connectivity index (χ4n) is 4.84. The summed E-state index contributed by atoms with van der Waals surface area (Å²) in [5.74, 6) is 0.171. The summed E-state index contributed by atoms with van der Waals surface area (Å²) in [5.41, 5.74) is 0. The number of anilines is 2. The highest BCUT2D eigenvalue weighted by Crippen LogP contribution is 2.36. The Morgan fingerprint density at radius 3 is 2.70 bits per heavy atom. The van der Waals surface area contributed by atoms with Gasteiger partial charge in [-0.1, -0.05) is 20.3 Å². The van der Waals surface area contributed by atoms with E-state index in [4.69, 9.17) is 9.97 Å². The van der Waals surface area contributed by atoms with Crippen molar-refractivity contribution in [3.05, 3.63) is 22.6 Å². The van der Waals surface area contributed by atoms with Crippen LogP contribution in [0.5, 0.6) is 0 Å². The second kappa shape index (κ2) is 10.0. The van der Waals surface area contributed by atoms with Crippen LogP contribution in [-0.2, 0) is 30.5 Å². The summed E-state index contributed by atoms with van der Waals surface area (Å²) in [7, 11) is 0. The maximum atomic E-state index is 13.3. The Balaban J connectivity index is 1.47. The number of carbonyl (C=O) groups is 1. The minimum absolute atomic E-state index is 0.0813. The topological polar surface area (TPSA) is 112 Å². The van der Waals surface area contributed by atoms with Crippen molar-refractivity contribution in [1.29, 1.82) is 0 Å². The molecule has 3 aromatic heterocycles. The maximum Gasteiger partial charge on any atom is 0.451 e. The molecule has 200 valence electrons. The van der Waals surface area contributed by atoms with Gasteiger partial charge in [-0.3, -0.25) is 4.79 Å². The van der Waals surface area contributed by atoms with Crippen molar-refractivity contribution in [3.8, 4) is 0 Å². The third-order valence-corrected chi connectivity index (χ3v) is 7.70. The quantitative estimate of drug-likeness (QED) is 0.472. The highest BCUT2D eigenvalue weighted by Gasteiger charge is 2.40. The molecule has 0 bridgehead atoms. The minimum Gasteiger partial charge on any atom is -0.389 e. The maximum absolute atomic E-state index is 13.3. The summed E-state index contributed by atoms with van der Waals surface area (Å²) in [6.45, 7) is 5.15. The summed E-state index contributed by atoms with van der Waals surface area (Å²) in [6, 6.07) is 1.62. The van der Waals surface area contributed by atoms with Gasteiger partial charge in [0.15, 0.2) is 5.82 Å². The molecule has 10 nitrogen and oxygen atoms in total. The molecule has 2 unspecified atom stereocenters. The lowest BCUT2D eigenvalue weighted by Gasteiger charge is -2.30. The monoisotopic (exact) mass is 538 g/mol. The van der Waals surface area contributed by atoms with Crippen molar-refractivity contribution >= 4 is 39.2 Å². The van der Waals surface area contributed by atoms with Gasteiger partial charge in [0.2, 0.25) is 17.7 Å². The van der Waals surface area contributed by atoms with Crippen LogP contribution in [0.1, 0.15) is 49.6 Å². The standard InChI is InChI=1S/C23H29F3N8O2S/c1-3-5-13-9-14-19(32-7-8-34-17(12-32)30-31-21(34)23(24,25)26)28-22(29-20(14)37-13)33-10-15(16(35)11-33)27-18(36)6-4-2/h9,15-16,35H,3-8,10-12H2,1-2H3,(H,27,36). The molecule has 1 amide bonds. The zero-order chi connectivity index (χ0) is 26.3. The molecule has 1 saturated heterocycles. The van der Waals surface area contributed by atoms with E-state index in [9.17, 15) is 23.1 Å². The van der Waals surface area contributed by atoms with E-state index in [0.29, 0.717) is 37.7 Å². The number of hydrogen-bond acceptors (Lipinski definition) is 9. The summed E-state index contributed by atoms with van der Waals surface area (Å²) in [4.78, 5) is 27.4. The first kappa shape index (κ1) is 25.6. The molecule has 2 atom stereocenters. The Morgan fingerprint density at radius 2 is 1.97 bits per heavy atom. The Labute approximate surface area is 215 Å². The van der Waals surface area contributed by atoms with Gasteiger partial charge in [-0.15, -0.1) is 21.5 Å². The fourth-order valence-corrected chi connectivity index (χ4v) is 5.96. The summed E-state index contributed by atoms with van der Waals surface area (Å²) in [6.07, 6.45) is -2.38. The van der Waals surface area contributed by atoms with Gasteiger partial charge in [0.25, 0.3) is 0 Å². The molecule has 0 aliphatic carbocycles. The lowest BCUT2D eigenvalue weighted by molar-refractivity contribution is -0.147. The van der Waals surface area contributed by atoms with E-state index in [1.54, 1.807) is 11.3 Å². The van der Waals surface area contributed by atoms with Crippen LogP contribution in [-0.4, -0.2) is 67.5 Å². The van der Waals surface area contributed by atoms with Crippen LogP contribution in [0, 0.1) is 0 Å². The molecule has 2 aliphatic heterocycles. The number of aliphatic hydroxyl groups excluding tert-OH is 1. The number of alkyl halides is 3. The van der Waals surface area contributed by atoms with E-state index in [1.807, 2.05) is 16.7 Å². The van der Waals surface area contributed by atoms with Crippen molar-refractivity contribution in [2.24, 2.45) is 0 Å². The van der Waals surface area contributed by atoms with E-state index in [-0.39, 0.29) is 31.4 Å². The molecule has 0 aromatic carbocycles. The molecular formula is C23H29F3N8O2S. The number of aromatic nitrogens is 5. The summed E-state index contributed by atoms with van der Waals surface area (Å²) < 4.78 is 41.1. The number of hydrogen-bond donors (Lipinski definition) is 2. The Bertz CT molecular complexity index is 1290. The second-order valence-corrected chi connectivity index (χ2v) is 10.6. The summed E-state index contributed by atoms with van der Waals surface area (Å²) in [5, 5.41) is 21.5. The highest BCUT2D eigenvalue weighted by atomic mass is 32.1. The van der Waals surface area contributed by atoms with Crippen molar-refractivity contribution in [2.75, 3.05) is 29.4 Å². The van der Waals surface area contributed by atoms with Gasteiger partial charge in [-0.05, 0) is 18.9 Å². The van der Waals surface area contributed by atoms with Crippen LogP contribution in [0.2, 0.25) is 0 Å². The molecular weight excluding hydrogens is 509 g/mol. The zero-order valence-corrected chi connectivity index (χ0v) is 21.4. The van der Waals surface area contributed by atoms with Crippen LogP contribution in [0.25, 0.3) is 10.2 Å². The van der Waals surface area contributed by atoms with E-state index >= 15 is 0 Å². The van der Waals surface area contributed by atoms with E-state index < -0.39 is 24.1 Å². The van der Waals surface area contributed by atoms with E-state index in [1.165, 1.54) is 0 Å². The average Bonchev–Trinajstić information content (AvgIpc) is 3.54. The molecule has 0 spiro atoms. The Kier molecular flexibility index (Phi) is 6.96. The Morgan fingerprint density at radius 1 is 1.16 bits per heavy atom. The van der Waals surface area contributed by atoms with Crippen molar-refractivity contribution in [2.45, 2.75) is 70.9 Å². The molecule has 2 N–H and O–H groups in total. The molecule has 0 radical (unpaired) electrons. The molecule has 5 heterocycles. The van der Waals surface area contributed by atoms with Gasteiger partial charge in [-0.25, -0.2) is 4.98 Å². The Hall–Kier alpha value is -3.00. The fraction of sp³-hybridized carbons (Fsp3) is 0.609. The lowest BCUT2D eigenvalue weighted by atomic mass is 10.2. The smallest absolute Gasteiger partial charge is 0.389 e. The van der Waals surface area contributed by atoms with Crippen molar-refractivity contribution < 1.29 is 23.1 Å². The minimum atomic E-state index is -4.56. The largest absolute Gasteiger partial charge is 0.451 e. The van der Waals surface area contributed by atoms with Gasteiger partial charge < -0.3 is 24.8 Å². The lowest BCUT2D eigenvalue weighted by Crippen LogP contribution is -2.42. The molecule has 0 saturated carbocycles. The number of aryl methyl sites for hydroxylation is 1. The number of thiophene rings is 1. The number of amides is 1. The number of carbonyl (C=O) groups excluding carboxylic acids is 1. The second-order valence-electron chi connectivity index (χ2n) is 9.44. The number of fused-ring (bicyclic) bond motifs is 2. The number of nitrogens with one attached hydrogen (secondary N) is 1. The van der Waals surface area contributed by atoms with Gasteiger partial charge in [0.05, 0.1) is 24.1 Å². The van der Waals surface area contributed by atoms with Gasteiger partial charge >= 0.3 is 6.18 Å². The van der Waals surface area contributed by atoms with Crippen LogP contribution in [0.3, 0.4) is 0 Å². The summed E-state index contributed by atoms with van der Waals surface area (Å²) >= 11 is 1.57. The zero-order valence-electron chi connectivity index (χ0n) is 20.6. The normalized spacial score (nSPS) is 20.1.